The third kappa shape index (κ3) is 5.02. The molecule has 1 aromatic rings. The zero-order chi connectivity index (χ0) is 20.1. The van der Waals surface area contributed by atoms with Gasteiger partial charge in [0.25, 0.3) is 5.91 Å². The Morgan fingerprint density at radius 3 is 2.46 bits per heavy atom. The van der Waals surface area contributed by atoms with Gasteiger partial charge < -0.3 is 14.5 Å². The summed E-state index contributed by atoms with van der Waals surface area (Å²) in [6.45, 7) is 4.82. The molecule has 1 aromatic carbocycles. The molecule has 0 spiro atoms. The summed E-state index contributed by atoms with van der Waals surface area (Å²) in [5.74, 6) is 0.0618. The van der Waals surface area contributed by atoms with Gasteiger partial charge >= 0.3 is 6.09 Å². The van der Waals surface area contributed by atoms with Gasteiger partial charge in [0.2, 0.25) is 0 Å². The van der Waals surface area contributed by atoms with Crippen molar-refractivity contribution in [1.29, 1.82) is 0 Å². The Hall–Kier alpha value is -2.13. The summed E-state index contributed by atoms with van der Waals surface area (Å²) >= 11 is 0. The van der Waals surface area contributed by atoms with Gasteiger partial charge in [0.05, 0.1) is 50.3 Å². The average Bonchev–Trinajstić information content (AvgIpc) is 3.03. The van der Waals surface area contributed by atoms with E-state index < -0.39 is 9.84 Å². The topological polar surface area (TPSA) is 88.4 Å². The summed E-state index contributed by atoms with van der Waals surface area (Å²) in [5, 5.41) is 0. The Morgan fingerprint density at radius 1 is 1.21 bits per heavy atom. The fourth-order valence-corrected chi connectivity index (χ4v) is 5.52. The van der Waals surface area contributed by atoms with E-state index in [0.717, 1.165) is 10.6 Å². The number of quaternary nitrogens is 1. The van der Waals surface area contributed by atoms with E-state index in [1.807, 2.05) is 30.3 Å². The number of piperazine rings is 1. The van der Waals surface area contributed by atoms with Gasteiger partial charge in [-0.05, 0) is 25.5 Å². The Bertz CT molecular complexity index is 791. The van der Waals surface area contributed by atoms with Gasteiger partial charge in [-0.2, -0.15) is 0 Å². The Balaban J connectivity index is 1.65. The molecule has 154 valence electrons. The number of nitrogens with one attached hydrogen (secondary N) is 1. The molecule has 0 unspecified atom stereocenters. The molecule has 3 rings (SSSR count). The van der Waals surface area contributed by atoms with Crippen LogP contribution in [-0.4, -0.2) is 82.2 Å². The van der Waals surface area contributed by atoms with Crippen molar-refractivity contribution in [2.75, 3.05) is 55.7 Å². The van der Waals surface area contributed by atoms with Crippen molar-refractivity contribution in [1.82, 2.24) is 4.90 Å². The van der Waals surface area contributed by atoms with E-state index in [1.165, 1.54) is 0 Å². The maximum Gasteiger partial charge on any atom is 0.410 e. The molecule has 2 amide bonds. The summed E-state index contributed by atoms with van der Waals surface area (Å²) in [6, 6.07) is 8.94. The van der Waals surface area contributed by atoms with Crippen LogP contribution in [0.15, 0.2) is 30.3 Å². The van der Waals surface area contributed by atoms with Crippen molar-refractivity contribution in [2.45, 2.75) is 19.4 Å². The molecule has 8 nitrogen and oxygen atoms in total. The van der Waals surface area contributed by atoms with Gasteiger partial charge in [0.15, 0.2) is 16.4 Å². The van der Waals surface area contributed by atoms with E-state index in [9.17, 15) is 18.0 Å². The van der Waals surface area contributed by atoms with Crippen LogP contribution in [0.4, 0.5) is 10.5 Å². The number of sulfone groups is 1. The highest BCUT2D eigenvalue weighted by Gasteiger charge is 2.37. The fourth-order valence-electron chi connectivity index (χ4n) is 3.82. The molecule has 0 aromatic heterocycles. The van der Waals surface area contributed by atoms with E-state index in [-0.39, 0.29) is 36.1 Å². The Kier molecular flexibility index (Phi) is 6.56. The molecule has 2 aliphatic heterocycles. The lowest BCUT2D eigenvalue weighted by Crippen LogP contribution is -3.16. The number of ether oxygens (including phenoxy) is 1. The van der Waals surface area contributed by atoms with Crippen LogP contribution in [-0.2, 0) is 19.4 Å². The molecule has 9 heteroatoms. The summed E-state index contributed by atoms with van der Waals surface area (Å²) < 4.78 is 28.9. The lowest BCUT2D eigenvalue weighted by atomic mass is 10.1. The first-order chi connectivity index (χ1) is 13.4. The molecule has 1 N–H and O–H groups in total. The van der Waals surface area contributed by atoms with Crippen molar-refractivity contribution in [3.8, 4) is 0 Å². The van der Waals surface area contributed by atoms with Crippen molar-refractivity contribution >= 4 is 27.5 Å². The number of hydrogen-bond acceptors (Lipinski definition) is 5. The van der Waals surface area contributed by atoms with Crippen molar-refractivity contribution < 1.29 is 27.6 Å². The van der Waals surface area contributed by atoms with Crippen LogP contribution in [0.25, 0.3) is 0 Å². The number of benzene rings is 1. The molecular weight excluding hydrogens is 382 g/mol. The number of hydrogen-bond donors (Lipinski definition) is 1. The summed E-state index contributed by atoms with van der Waals surface area (Å²) in [6.07, 6.45) is 0.157. The number of carbonyl (C=O) groups excluding carboxylic acids is 2. The van der Waals surface area contributed by atoms with Gasteiger partial charge in [-0.3, -0.25) is 9.69 Å². The molecule has 2 saturated heterocycles. The lowest BCUT2D eigenvalue weighted by molar-refractivity contribution is -0.895. The van der Waals surface area contributed by atoms with E-state index in [0.29, 0.717) is 39.2 Å². The highest BCUT2D eigenvalue weighted by molar-refractivity contribution is 7.91. The Labute approximate surface area is 166 Å². The largest absolute Gasteiger partial charge is 0.450 e. The molecule has 1 atom stereocenters. The first kappa shape index (κ1) is 20.6. The SMILES string of the molecule is CCOC(=O)N1CC[NH+](CC(=O)N(c2ccccc2)[C@H]2CCS(=O)(=O)C2)CC1. The van der Waals surface area contributed by atoms with Crippen LogP contribution >= 0.6 is 0 Å². The molecular formula is C19H28N3O5S+. The van der Waals surface area contributed by atoms with E-state index in [2.05, 4.69) is 0 Å². The van der Waals surface area contributed by atoms with Crippen molar-refractivity contribution in [3.63, 3.8) is 0 Å². The number of carbonyl (C=O) groups is 2. The lowest BCUT2D eigenvalue weighted by Gasteiger charge is -2.33. The van der Waals surface area contributed by atoms with Gasteiger partial charge in [0.1, 0.15) is 0 Å². The van der Waals surface area contributed by atoms with Gasteiger partial charge in [-0.25, -0.2) is 13.2 Å². The normalized spacial score (nSPS) is 22.0. The summed E-state index contributed by atoms with van der Waals surface area (Å²) in [7, 11) is -3.10. The monoisotopic (exact) mass is 410 g/mol. The van der Waals surface area contributed by atoms with Crippen LogP contribution in [0.1, 0.15) is 13.3 Å². The van der Waals surface area contributed by atoms with Gasteiger partial charge in [-0.15, -0.1) is 0 Å². The van der Waals surface area contributed by atoms with Crippen LogP contribution in [0.5, 0.6) is 0 Å². The average molecular weight is 411 g/mol. The quantitative estimate of drug-likeness (QED) is 0.711. The third-order valence-electron chi connectivity index (χ3n) is 5.27. The predicted molar refractivity (Wildman–Crippen MR) is 105 cm³/mol. The second-order valence-electron chi connectivity index (χ2n) is 7.27. The first-order valence-corrected chi connectivity index (χ1v) is 11.5. The minimum atomic E-state index is -3.10. The number of nitrogens with zero attached hydrogens (tertiary/aromatic N) is 2. The first-order valence-electron chi connectivity index (χ1n) is 9.72. The molecule has 2 aliphatic rings. The number of amides is 2. The fraction of sp³-hybridized carbons (Fsp3) is 0.579. The number of para-hydroxylation sites is 1. The highest BCUT2D eigenvalue weighted by atomic mass is 32.2. The maximum atomic E-state index is 13.1. The second-order valence-corrected chi connectivity index (χ2v) is 9.50. The summed E-state index contributed by atoms with van der Waals surface area (Å²) in [5.41, 5.74) is 0.735. The molecule has 2 heterocycles. The standard InChI is InChI=1S/C19H27N3O5S/c1-2-27-19(24)21-11-9-20(10-12-21)14-18(23)22(16-6-4-3-5-7-16)17-8-13-28(25,26)15-17/h3-7,17H,2,8-15H2,1H3/p+1/t17-/m0/s1. The smallest absolute Gasteiger partial charge is 0.410 e. The molecule has 0 bridgehead atoms. The van der Waals surface area contributed by atoms with Crippen LogP contribution in [0.2, 0.25) is 0 Å². The summed E-state index contributed by atoms with van der Waals surface area (Å²) in [4.78, 5) is 29.4. The second kappa shape index (κ2) is 8.91. The van der Waals surface area contributed by atoms with Crippen molar-refractivity contribution in [2.24, 2.45) is 0 Å². The Morgan fingerprint density at radius 2 is 1.89 bits per heavy atom. The van der Waals surface area contributed by atoms with Crippen LogP contribution in [0, 0.1) is 0 Å². The van der Waals surface area contributed by atoms with E-state index >= 15 is 0 Å². The van der Waals surface area contributed by atoms with Crippen LogP contribution < -0.4 is 9.80 Å². The number of anilines is 1. The predicted octanol–water partition coefficient (Wildman–Crippen LogP) is -0.436. The van der Waals surface area contributed by atoms with Gasteiger partial charge in [0, 0.05) is 5.69 Å². The minimum Gasteiger partial charge on any atom is -0.450 e. The minimum absolute atomic E-state index is 0.0135. The molecule has 28 heavy (non-hydrogen) atoms. The maximum absolute atomic E-state index is 13.1. The zero-order valence-corrected chi connectivity index (χ0v) is 17.0. The molecule has 2 fully saturated rings. The molecule has 0 aliphatic carbocycles. The van der Waals surface area contributed by atoms with Gasteiger partial charge in [-0.1, -0.05) is 18.2 Å². The highest BCUT2D eigenvalue weighted by Crippen LogP contribution is 2.24. The van der Waals surface area contributed by atoms with Crippen LogP contribution in [0.3, 0.4) is 0 Å². The number of rotatable bonds is 5. The third-order valence-corrected chi connectivity index (χ3v) is 7.02. The van der Waals surface area contributed by atoms with E-state index in [4.69, 9.17) is 4.74 Å². The molecule has 0 radical (unpaired) electrons. The van der Waals surface area contributed by atoms with Crippen molar-refractivity contribution in [3.05, 3.63) is 30.3 Å². The zero-order valence-electron chi connectivity index (χ0n) is 16.2. The van der Waals surface area contributed by atoms with E-state index in [1.54, 1.807) is 16.7 Å². The molecule has 0 saturated carbocycles.